The topological polar surface area (TPSA) is 34.1 Å². The van der Waals surface area contributed by atoms with Crippen LogP contribution in [-0.2, 0) is 9.59 Å². The average molecular weight is 327 g/mol. The van der Waals surface area contributed by atoms with Gasteiger partial charge in [0.05, 0.1) is 9.65 Å². The molecule has 2 unspecified atom stereocenters. The molecular weight excluding hydrogens is 323 g/mol. The van der Waals surface area contributed by atoms with Crippen molar-refractivity contribution >= 4 is 65.5 Å². The fourth-order valence-corrected chi connectivity index (χ4v) is 1.79. The molecular formula is C5H4Br2Cl2O2. The molecule has 6 heteroatoms. The summed E-state index contributed by atoms with van der Waals surface area (Å²) in [6, 6.07) is 0. The van der Waals surface area contributed by atoms with Crippen molar-refractivity contribution in [2.75, 3.05) is 0 Å². The summed E-state index contributed by atoms with van der Waals surface area (Å²) in [5.41, 5.74) is 0. The highest BCUT2D eigenvalue weighted by molar-refractivity contribution is 9.10. The van der Waals surface area contributed by atoms with Crippen LogP contribution in [0.15, 0.2) is 0 Å². The Bertz CT molecular complexity index is 156. The molecule has 0 aromatic carbocycles. The fourth-order valence-electron chi connectivity index (χ4n) is 0.367. The Kier molecular flexibility index (Phi) is 5.95. The lowest BCUT2D eigenvalue weighted by Gasteiger charge is -2.05. The third kappa shape index (κ3) is 5.17. The van der Waals surface area contributed by atoms with Crippen molar-refractivity contribution in [1.29, 1.82) is 0 Å². The molecule has 0 saturated heterocycles. The van der Waals surface area contributed by atoms with Gasteiger partial charge in [0.2, 0.25) is 10.5 Å². The molecule has 0 radical (unpaired) electrons. The van der Waals surface area contributed by atoms with Crippen LogP contribution in [0.4, 0.5) is 0 Å². The zero-order chi connectivity index (χ0) is 9.02. The highest BCUT2D eigenvalue weighted by Gasteiger charge is 2.20. The van der Waals surface area contributed by atoms with Gasteiger partial charge in [-0.25, -0.2) is 0 Å². The summed E-state index contributed by atoms with van der Waals surface area (Å²) in [6.07, 6.45) is 0.255. The van der Waals surface area contributed by atoms with Crippen LogP contribution < -0.4 is 0 Å². The number of hydrogen-bond acceptors (Lipinski definition) is 2. The van der Waals surface area contributed by atoms with Crippen molar-refractivity contribution in [2.45, 2.75) is 16.1 Å². The monoisotopic (exact) mass is 324 g/mol. The van der Waals surface area contributed by atoms with Gasteiger partial charge in [0.1, 0.15) is 0 Å². The number of carbonyl (C=O) groups excluding carboxylic acids is 2. The van der Waals surface area contributed by atoms with Gasteiger partial charge in [0.15, 0.2) is 0 Å². The van der Waals surface area contributed by atoms with E-state index in [-0.39, 0.29) is 6.42 Å². The minimum absolute atomic E-state index is 0.255. The molecule has 0 aliphatic carbocycles. The molecule has 11 heavy (non-hydrogen) atoms. The number of rotatable bonds is 4. The zero-order valence-corrected chi connectivity index (χ0v) is 9.87. The predicted octanol–water partition coefficient (Wildman–Crippen LogP) is 2.43. The summed E-state index contributed by atoms with van der Waals surface area (Å²) in [6.45, 7) is 0. The Hall–Kier alpha value is 0.880. The first-order valence-electron chi connectivity index (χ1n) is 2.62. The molecule has 0 fully saturated rings. The number of alkyl halides is 2. The van der Waals surface area contributed by atoms with E-state index in [2.05, 4.69) is 31.9 Å². The van der Waals surface area contributed by atoms with Crippen LogP contribution in [-0.4, -0.2) is 20.1 Å². The summed E-state index contributed by atoms with van der Waals surface area (Å²) in [5, 5.41) is -1.07. The van der Waals surface area contributed by atoms with Crippen molar-refractivity contribution in [2.24, 2.45) is 0 Å². The van der Waals surface area contributed by atoms with Crippen LogP contribution in [0.25, 0.3) is 0 Å². The lowest BCUT2D eigenvalue weighted by molar-refractivity contribution is -0.112. The van der Waals surface area contributed by atoms with Crippen molar-refractivity contribution in [3.63, 3.8) is 0 Å². The molecule has 64 valence electrons. The molecule has 0 bridgehead atoms. The lowest BCUT2D eigenvalue weighted by atomic mass is 10.3. The van der Waals surface area contributed by atoms with Crippen LogP contribution in [0.2, 0.25) is 0 Å². The summed E-state index contributed by atoms with van der Waals surface area (Å²) in [7, 11) is 0. The molecule has 2 atom stereocenters. The second kappa shape index (κ2) is 5.51. The molecule has 0 aliphatic rings. The van der Waals surface area contributed by atoms with Crippen LogP contribution in [0.1, 0.15) is 6.42 Å². The van der Waals surface area contributed by atoms with Gasteiger partial charge in [-0.3, -0.25) is 9.59 Å². The Balaban J connectivity index is 3.84. The van der Waals surface area contributed by atoms with Gasteiger partial charge in [-0.15, -0.1) is 0 Å². The van der Waals surface area contributed by atoms with Gasteiger partial charge in [-0.2, -0.15) is 0 Å². The van der Waals surface area contributed by atoms with E-state index in [0.29, 0.717) is 0 Å². The zero-order valence-electron chi connectivity index (χ0n) is 5.19. The first-order valence-corrected chi connectivity index (χ1v) is 5.20. The smallest absolute Gasteiger partial charge is 0.235 e. The average Bonchev–Trinajstić information content (AvgIpc) is 1.87. The van der Waals surface area contributed by atoms with E-state index in [9.17, 15) is 9.59 Å². The highest BCUT2D eigenvalue weighted by atomic mass is 79.9. The van der Waals surface area contributed by atoms with E-state index < -0.39 is 20.1 Å². The standard InChI is InChI=1S/C5H4Br2Cl2O2/c6-2(4(8)10)1-3(7)5(9)11/h2-3H,1H2. The summed E-state index contributed by atoms with van der Waals surface area (Å²) < 4.78 is 0. The Morgan fingerprint density at radius 2 is 1.36 bits per heavy atom. The van der Waals surface area contributed by atoms with Crippen molar-refractivity contribution < 1.29 is 9.59 Å². The van der Waals surface area contributed by atoms with Crippen LogP contribution >= 0.6 is 55.1 Å². The molecule has 0 spiro atoms. The quantitative estimate of drug-likeness (QED) is 0.587. The summed E-state index contributed by atoms with van der Waals surface area (Å²) in [5.74, 6) is 0. The minimum atomic E-state index is -0.535. The van der Waals surface area contributed by atoms with E-state index in [0.717, 1.165) is 0 Å². The van der Waals surface area contributed by atoms with Gasteiger partial charge in [0, 0.05) is 0 Å². The maximum Gasteiger partial charge on any atom is 0.235 e. The third-order valence-corrected chi connectivity index (χ3v) is 3.54. The van der Waals surface area contributed by atoms with E-state index in [1.807, 2.05) is 0 Å². The van der Waals surface area contributed by atoms with E-state index in [1.54, 1.807) is 0 Å². The maximum absolute atomic E-state index is 10.4. The lowest BCUT2D eigenvalue weighted by Crippen LogP contribution is -2.17. The number of hydrogen-bond donors (Lipinski definition) is 0. The first-order chi connectivity index (χ1) is 4.95. The van der Waals surface area contributed by atoms with E-state index >= 15 is 0 Å². The Morgan fingerprint density at radius 1 is 1.09 bits per heavy atom. The summed E-state index contributed by atoms with van der Waals surface area (Å²) >= 11 is 16.2. The van der Waals surface area contributed by atoms with E-state index in [1.165, 1.54) is 0 Å². The van der Waals surface area contributed by atoms with Crippen molar-refractivity contribution in [3.8, 4) is 0 Å². The van der Waals surface area contributed by atoms with Crippen LogP contribution in [0.5, 0.6) is 0 Å². The molecule has 0 aliphatic heterocycles. The Labute approximate surface area is 90.9 Å². The molecule has 0 saturated carbocycles. The molecule has 0 rings (SSSR count). The first kappa shape index (κ1) is 11.9. The maximum atomic E-state index is 10.4. The highest BCUT2D eigenvalue weighted by Crippen LogP contribution is 2.18. The van der Waals surface area contributed by atoms with E-state index in [4.69, 9.17) is 23.2 Å². The number of carbonyl (C=O) groups is 2. The molecule has 0 amide bonds. The van der Waals surface area contributed by atoms with Crippen molar-refractivity contribution in [3.05, 3.63) is 0 Å². The fraction of sp³-hybridized carbons (Fsp3) is 0.600. The Morgan fingerprint density at radius 3 is 1.55 bits per heavy atom. The van der Waals surface area contributed by atoms with Gasteiger partial charge in [0.25, 0.3) is 0 Å². The number of halogens is 4. The SMILES string of the molecule is O=C(Cl)C(Br)CC(Br)C(=O)Cl. The molecule has 0 aromatic rings. The second-order valence-corrected chi connectivity index (χ2v) is 4.73. The third-order valence-electron chi connectivity index (χ3n) is 0.906. The van der Waals surface area contributed by atoms with Crippen molar-refractivity contribution in [1.82, 2.24) is 0 Å². The normalized spacial score (nSPS) is 15.6. The molecule has 2 nitrogen and oxygen atoms in total. The largest absolute Gasteiger partial charge is 0.280 e. The predicted molar refractivity (Wildman–Crippen MR) is 51.8 cm³/mol. The van der Waals surface area contributed by atoms with Crippen LogP contribution in [0.3, 0.4) is 0 Å². The van der Waals surface area contributed by atoms with Gasteiger partial charge >= 0.3 is 0 Å². The molecule has 0 aromatic heterocycles. The van der Waals surface area contributed by atoms with Gasteiger partial charge in [-0.1, -0.05) is 31.9 Å². The molecule has 0 N–H and O–H groups in total. The minimum Gasteiger partial charge on any atom is -0.280 e. The van der Waals surface area contributed by atoms with Gasteiger partial charge in [-0.05, 0) is 29.6 Å². The molecule has 0 heterocycles. The van der Waals surface area contributed by atoms with Gasteiger partial charge < -0.3 is 0 Å². The summed E-state index contributed by atoms with van der Waals surface area (Å²) in [4.78, 5) is 19.8. The second-order valence-electron chi connectivity index (χ2n) is 1.78. The van der Waals surface area contributed by atoms with Crippen LogP contribution in [0, 0.1) is 0 Å².